The predicted molar refractivity (Wildman–Crippen MR) is 102 cm³/mol. The topological polar surface area (TPSA) is 110 Å². The van der Waals surface area contributed by atoms with Gasteiger partial charge >= 0.3 is 0 Å². The lowest BCUT2D eigenvalue weighted by Crippen LogP contribution is -2.24. The van der Waals surface area contributed by atoms with Crippen LogP contribution < -0.4 is 10.6 Å². The first-order valence-corrected chi connectivity index (χ1v) is 9.10. The molecule has 9 heteroatoms. The average Bonchev–Trinajstić information content (AvgIpc) is 3.08. The smallest absolute Gasteiger partial charge is 0.255 e. The third-order valence-corrected chi connectivity index (χ3v) is 5.07. The van der Waals surface area contributed by atoms with Gasteiger partial charge in [0.25, 0.3) is 5.91 Å². The second-order valence-corrected chi connectivity index (χ2v) is 7.38. The maximum atomic E-state index is 13.0. The molecule has 1 aliphatic rings. The maximum absolute atomic E-state index is 13.0. The van der Waals surface area contributed by atoms with Crippen molar-refractivity contribution in [2.45, 2.75) is 38.8 Å². The van der Waals surface area contributed by atoms with Gasteiger partial charge in [-0.3, -0.25) is 9.78 Å². The number of nitrogens with zero attached hydrogens (tertiary/aromatic N) is 5. The summed E-state index contributed by atoms with van der Waals surface area (Å²) in [6.45, 7) is 4.17. The lowest BCUT2D eigenvalue weighted by atomic mass is 10.1. The number of amides is 1. The van der Waals surface area contributed by atoms with Crippen molar-refractivity contribution in [2.24, 2.45) is 0 Å². The largest absolute Gasteiger partial charge is 0.442 e. The minimum atomic E-state index is -0.248. The minimum absolute atomic E-state index is 0.0182. The van der Waals surface area contributed by atoms with Crippen LogP contribution in [0.15, 0.2) is 35.5 Å². The summed E-state index contributed by atoms with van der Waals surface area (Å²) in [7, 11) is 0. The fourth-order valence-electron chi connectivity index (χ4n) is 3.23. The van der Waals surface area contributed by atoms with Gasteiger partial charge in [-0.1, -0.05) is 0 Å². The number of imidazole rings is 1. The van der Waals surface area contributed by atoms with E-state index in [-0.39, 0.29) is 18.0 Å². The molecule has 0 atom stereocenters. The first kappa shape index (κ1) is 16.7. The van der Waals surface area contributed by atoms with Gasteiger partial charge in [0.05, 0.1) is 29.4 Å². The van der Waals surface area contributed by atoms with E-state index >= 15 is 0 Å². The van der Waals surface area contributed by atoms with E-state index in [0.717, 1.165) is 24.2 Å². The predicted octanol–water partition coefficient (Wildman–Crippen LogP) is 2.47. The van der Waals surface area contributed by atoms with Crippen molar-refractivity contribution in [3.63, 3.8) is 0 Å². The molecule has 4 aromatic rings. The van der Waals surface area contributed by atoms with Crippen LogP contribution in [0.4, 0.5) is 5.82 Å². The van der Waals surface area contributed by atoms with Crippen LogP contribution in [-0.2, 0) is 6.54 Å². The molecular formula is C19H19N7O2. The van der Waals surface area contributed by atoms with Crippen LogP contribution in [0, 0.1) is 6.92 Å². The van der Waals surface area contributed by atoms with Crippen molar-refractivity contribution < 1.29 is 9.21 Å². The molecule has 0 bridgehead atoms. The Bertz CT molecular complexity index is 1210. The number of hydrogen-bond donors (Lipinski definition) is 2. The van der Waals surface area contributed by atoms with Crippen molar-refractivity contribution in [1.82, 2.24) is 29.7 Å². The van der Waals surface area contributed by atoms with Gasteiger partial charge in [-0.2, -0.15) is 0 Å². The minimum Gasteiger partial charge on any atom is -0.442 e. The van der Waals surface area contributed by atoms with Gasteiger partial charge in [0, 0.05) is 24.1 Å². The molecule has 28 heavy (non-hydrogen) atoms. The Labute approximate surface area is 160 Å². The summed E-state index contributed by atoms with van der Waals surface area (Å²) in [5, 5.41) is 6.95. The molecule has 1 fully saturated rings. The van der Waals surface area contributed by atoms with Crippen molar-refractivity contribution >= 4 is 28.5 Å². The Hall–Kier alpha value is -3.49. The van der Waals surface area contributed by atoms with Gasteiger partial charge in [-0.05, 0) is 26.7 Å². The molecule has 142 valence electrons. The van der Waals surface area contributed by atoms with Crippen LogP contribution in [0.25, 0.3) is 16.7 Å². The van der Waals surface area contributed by atoms with Crippen molar-refractivity contribution in [3.05, 3.63) is 48.1 Å². The number of hydrogen-bond acceptors (Lipinski definition) is 7. The molecule has 5 rings (SSSR count). The first-order chi connectivity index (χ1) is 13.5. The molecule has 0 aromatic carbocycles. The molecule has 1 amide bonds. The van der Waals surface area contributed by atoms with E-state index in [1.165, 1.54) is 6.33 Å². The Morgan fingerprint density at radius 3 is 2.96 bits per heavy atom. The highest BCUT2D eigenvalue weighted by Crippen LogP contribution is 2.40. The summed E-state index contributed by atoms with van der Waals surface area (Å²) < 4.78 is 7.58. The van der Waals surface area contributed by atoms with Crippen LogP contribution in [0.3, 0.4) is 0 Å². The molecule has 4 aromatic heterocycles. The summed E-state index contributed by atoms with van der Waals surface area (Å²) in [5.41, 5.74) is 2.36. The molecule has 0 aliphatic heterocycles. The third-order valence-electron chi connectivity index (χ3n) is 5.07. The number of nitrogens with one attached hydrogen (secondary N) is 2. The fourth-order valence-corrected chi connectivity index (χ4v) is 3.23. The quantitative estimate of drug-likeness (QED) is 0.550. The summed E-state index contributed by atoms with van der Waals surface area (Å²) in [4.78, 5) is 30.0. The zero-order chi connectivity index (χ0) is 19.3. The van der Waals surface area contributed by atoms with Crippen molar-refractivity contribution in [2.75, 3.05) is 5.32 Å². The molecular weight excluding hydrogens is 358 g/mol. The number of rotatable bonds is 5. The molecule has 1 saturated carbocycles. The van der Waals surface area contributed by atoms with E-state index in [2.05, 4.69) is 37.5 Å². The summed E-state index contributed by atoms with van der Waals surface area (Å²) >= 11 is 0. The SMILES string of the molecule is Cc1oc2ncnc(NC3(C)CC3)c2c1C(=O)NCc1cn2ccnc2cn1. The van der Waals surface area contributed by atoms with Gasteiger partial charge in [-0.25, -0.2) is 15.0 Å². The van der Waals surface area contributed by atoms with Gasteiger partial charge in [0.1, 0.15) is 17.9 Å². The fraction of sp³-hybridized carbons (Fsp3) is 0.316. The summed E-state index contributed by atoms with van der Waals surface area (Å²) in [6, 6.07) is 0. The Morgan fingerprint density at radius 1 is 1.29 bits per heavy atom. The van der Waals surface area contributed by atoms with E-state index in [9.17, 15) is 4.79 Å². The second kappa shape index (κ2) is 6.01. The molecule has 1 aliphatic carbocycles. The lowest BCUT2D eigenvalue weighted by Gasteiger charge is -2.13. The number of carbonyl (C=O) groups excluding carboxylic acids is 1. The molecule has 9 nitrogen and oxygen atoms in total. The lowest BCUT2D eigenvalue weighted by molar-refractivity contribution is 0.0950. The number of anilines is 1. The van der Waals surface area contributed by atoms with Crippen LogP contribution in [0.1, 0.15) is 41.6 Å². The van der Waals surface area contributed by atoms with Crippen LogP contribution in [0.2, 0.25) is 0 Å². The molecule has 0 saturated heterocycles. The number of carbonyl (C=O) groups is 1. The van der Waals surface area contributed by atoms with Crippen molar-refractivity contribution in [1.29, 1.82) is 0 Å². The van der Waals surface area contributed by atoms with Crippen molar-refractivity contribution in [3.8, 4) is 0 Å². The summed E-state index contributed by atoms with van der Waals surface area (Å²) in [6.07, 6.45) is 10.6. The number of furan rings is 1. The third kappa shape index (κ3) is 2.84. The van der Waals surface area contributed by atoms with E-state index in [1.54, 1.807) is 19.3 Å². The van der Waals surface area contributed by atoms with Gasteiger partial charge in [0.15, 0.2) is 5.65 Å². The summed E-state index contributed by atoms with van der Waals surface area (Å²) in [5.74, 6) is 0.891. The molecule has 2 N–H and O–H groups in total. The zero-order valence-electron chi connectivity index (χ0n) is 15.6. The molecule has 0 radical (unpaired) electrons. The second-order valence-electron chi connectivity index (χ2n) is 7.38. The highest BCUT2D eigenvalue weighted by atomic mass is 16.3. The van der Waals surface area contributed by atoms with E-state index in [1.807, 2.05) is 16.8 Å². The highest BCUT2D eigenvalue weighted by Gasteiger charge is 2.38. The molecule has 0 spiro atoms. The normalized spacial score (nSPS) is 15.1. The first-order valence-electron chi connectivity index (χ1n) is 9.10. The number of aromatic nitrogens is 5. The molecule has 4 heterocycles. The van der Waals surface area contributed by atoms with E-state index in [4.69, 9.17) is 4.42 Å². The standard InChI is InChI=1S/C19H19N7O2/c1-11-14(15-16(25-19(2)3-4-19)23-10-24-18(15)28-11)17(27)22-7-12-9-26-6-5-20-13(26)8-21-12/h5-6,8-10H,3-4,7H2,1-2H3,(H,22,27)(H,23,24,25). The average molecular weight is 377 g/mol. The monoisotopic (exact) mass is 377 g/mol. The van der Waals surface area contributed by atoms with Crippen LogP contribution in [0.5, 0.6) is 0 Å². The van der Waals surface area contributed by atoms with Crippen LogP contribution in [-0.4, -0.2) is 35.8 Å². The van der Waals surface area contributed by atoms with Gasteiger partial charge in [-0.15, -0.1) is 0 Å². The molecule has 0 unspecified atom stereocenters. The Balaban J connectivity index is 1.44. The van der Waals surface area contributed by atoms with Gasteiger partial charge < -0.3 is 19.5 Å². The Morgan fingerprint density at radius 2 is 2.14 bits per heavy atom. The number of aryl methyl sites for hydroxylation is 1. The zero-order valence-corrected chi connectivity index (χ0v) is 15.6. The van der Waals surface area contributed by atoms with Gasteiger partial charge in [0.2, 0.25) is 5.71 Å². The maximum Gasteiger partial charge on any atom is 0.255 e. The highest BCUT2D eigenvalue weighted by molar-refractivity contribution is 6.10. The van der Waals surface area contributed by atoms with Crippen LogP contribution >= 0.6 is 0 Å². The van der Waals surface area contributed by atoms with E-state index in [0.29, 0.717) is 28.2 Å². The number of fused-ring (bicyclic) bond motifs is 2. The Kier molecular flexibility index (Phi) is 3.58. The van der Waals surface area contributed by atoms with E-state index < -0.39 is 0 Å².